The number of anilines is 1. The fraction of sp³-hybridized carbons (Fsp3) is 0.636. The lowest BCUT2D eigenvalue weighted by molar-refractivity contribution is 0.288. The van der Waals surface area contributed by atoms with Gasteiger partial charge in [0, 0.05) is 19.2 Å². The minimum Gasteiger partial charge on any atom is -0.481 e. The van der Waals surface area contributed by atoms with Crippen molar-refractivity contribution in [3.05, 3.63) is 12.4 Å². The van der Waals surface area contributed by atoms with Crippen LogP contribution in [0.3, 0.4) is 0 Å². The molecule has 1 aliphatic heterocycles. The first kappa shape index (κ1) is 9.84. The van der Waals surface area contributed by atoms with Crippen molar-refractivity contribution < 1.29 is 4.74 Å². The van der Waals surface area contributed by atoms with Gasteiger partial charge >= 0.3 is 0 Å². The van der Waals surface area contributed by atoms with Crippen molar-refractivity contribution in [1.29, 1.82) is 0 Å². The van der Waals surface area contributed by atoms with Crippen molar-refractivity contribution in [3.63, 3.8) is 0 Å². The molecule has 0 spiro atoms. The van der Waals surface area contributed by atoms with Gasteiger partial charge in [-0.2, -0.15) is 0 Å². The van der Waals surface area contributed by atoms with Crippen molar-refractivity contribution in [2.24, 2.45) is 11.7 Å². The van der Waals surface area contributed by atoms with Crippen LogP contribution in [0.15, 0.2) is 12.4 Å². The number of ether oxygens (including phenoxy) is 1. The zero-order chi connectivity index (χ0) is 11.2. The molecule has 5 nitrogen and oxygen atoms in total. The molecule has 86 valence electrons. The van der Waals surface area contributed by atoms with Crippen LogP contribution >= 0.6 is 0 Å². The molecule has 0 amide bonds. The molecule has 1 aliphatic carbocycles. The summed E-state index contributed by atoms with van der Waals surface area (Å²) in [6.07, 6.45) is 4.11. The highest BCUT2D eigenvalue weighted by Crippen LogP contribution is 2.43. The van der Waals surface area contributed by atoms with Gasteiger partial charge in [0.05, 0.1) is 12.6 Å². The second-order valence-electron chi connectivity index (χ2n) is 4.78. The van der Waals surface area contributed by atoms with E-state index in [-0.39, 0.29) is 5.54 Å². The summed E-state index contributed by atoms with van der Waals surface area (Å²) in [7, 11) is 1.61. The maximum Gasteiger partial charge on any atom is 0.218 e. The van der Waals surface area contributed by atoms with E-state index in [2.05, 4.69) is 14.9 Å². The average molecular weight is 220 g/mol. The highest BCUT2D eigenvalue weighted by Gasteiger charge is 2.50. The Labute approximate surface area is 94.6 Å². The van der Waals surface area contributed by atoms with Gasteiger partial charge in [-0.15, -0.1) is 0 Å². The van der Waals surface area contributed by atoms with Crippen LogP contribution in [0.4, 0.5) is 5.82 Å². The zero-order valence-electron chi connectivity index (χ0n) is 9.39. The molecule has 5 heteroatoms. The normalized spacial score (nSPS) is 22.8. The molecule has 1 aromatic heterocycles. The van der Waals surface area contributed by atoms with E-state index in [1.165, 1.54) is 19.2 Å². The molecule has 0 unspecified atom stereocenters. The van der Waals surface area contributed by atoms with E-state index < -0.39 is 0 Å². The monoisotopic (exact) mass is 220 g/mol. The number of methoxy groups -OCH3 is 1. The smallest absolute Gasteiger partial charge is 0.218 e. The Morgan fingerprint density at radius 2 is 2.19 bits per heavy atom. The van der Waals surface area contributed by atoms with E-state index in [0.29, 0.717) is 5.88 Å². The molecule has 16 heavy (non-hydrogen) atoms. The molecule has 2 fully saturated rings. The molecule has 0 aromatic carbocycles. The van der Waals surface area contributed by atoms with E-state index in [0.717, 1.165) is 24.8 Å². The first-order valence-electron chi connectivity index (χ1n) is 5.61. The molecule has 1 saturated heterocycles. The number of nitrogens with zero attached hydrogens (tertiary/aromatic N) is 3. The van der Waals surface area contributed by atoms with Gasteiger partial charge in [-0.05, 0) is 18.8 Å². The molecule has 2 heterocycles. The molecule has 1 aromatic rings. The molecular weight excluding hydrogens is 204 g/mol. The second kappa shape index (κ2) is 3.31. The Morgan fingerprint density at radius 1 is 1.44 bits per heavy atom. The summed E-state index contributed by atoms with van der Waals surface area (Å²) >= 11 is 0. The molecular formula is C11H16N4O. The van der Waals surface area contributed by atoms with Gasteiger partial charge < -0.3 is 15.4 Å². The van der Waals surface area contributed by atoms with Crippen LogP contribution in [-0.4, -0.2) is 35.7 Å². The van der Waals surface area contributed by atoms with Crippen LogP contribution in [0.1, 0.15) is 12.8 Å². The summed E-state index contributed by atoms with van der Waals surface area (Å²) < 4.78 is 5.08. The Bertz CT molecular complexity index is 399. The molecule has 1 saturated carbocycles. The summed E-state index contributed by atoms with van der Waals surface area (Å²) in [5.41, 5.74) is 6.32. The molecule has 2 N–H and O–H groups in total. The highest BCUT2D eigenvalue weighted by molar-refractivity contribution is 5.46. The average Bonchev–Trinajstić information content (AvgIpc) is 3.09. The fourth-order valence-electron chi connectivity index (χ4n) is 2.36. The van der Waals surface area contributed by atoms with Crippen molar-refractivity contribution in [2.45, 2.75) is 18.4 Å². The van der Waals surface area contributed by atoms with Crippen LogP contribution in [0.5, 0.6) is 5.88 Å². The van der Waals surface area contributed by atoms with Gasteiger partial charge in [-0.25, -0.2) is 9.97 Å². The number of hydrogen-bond donors (Lipinski definition) is 1. The summed E-state index contributed by atoms with van der Waals surface area (Å²) in [5, 5.41) is 0. The number of hydrogen-bond acceptors (Lipinski definition) is 5. The first-order chi connectivity index (χ1) is 7.71. The van der Waals surface area contributed by atoms with Crippen LogP contribution in [-0.2, 0) is 0 Å². The van der Waals surface area contributed by atoms with Crippen molar-refractivity contribution >= 4 is 5.82 Å². The summed E-state index contributed by atoms with van der Waals surface area (Å²) in [6.45, 7) is 1.80. The predicted molar refractivity (Wildman–Crippen MR) is 60.4 cm³/mol. The van der Waals surface area contributed by atoms with Gasteiger partial charge in [-0.3, -0.25) is 0 Å². The maximum absolute atomic E-state index is 6.29. The fourth-order valence-corrected chi connectivity index (χ4v) is 2.36. The third-order valence-electron chi connectivity index (χ3n) is 3.52. The minimum atomic E-state index is 0.0260. The van der Waals surface area contributed by atoms with E-state index >= 15 is 0 Å². The molecule has 0 atom stereocenters. The van der Waals surface area contributed by atoms with E-state index in [1.54, 1.807) is 7.11 Å². The first-order valence-corrected chi connectivity index (χ1v) is 5.61. The Hall–Kier alpha value is -1.36. The Morgan fingerprint density at radius 3 is 2.81 bits per heavy atom. The number of nitrogens with two attached hydrogens (primary N) is 1. The van der Waals surface area contributed by atoms with Gasteiger partial charge in [0.15, 0.2) is 0 Å². The lowest BCUT2D eigenvalue weighted by atomic mass is 9.86. The van der Waals surface area contributed by atoms with Crippen molar-refractivity contribution in [1.82, 2.24) is 9.97 Å². The van der Waals surface area contributed by atoms with Gasteiger partial charge in [0.1, 0.15) is 12.1 Å². The van der Waals surface area contributed by atoms with E-state index in [1.807, 2.05) is 6.07 Å². The van der Waals surface area contributed by atoms with Gasteiger partial charge in [0.25, 0.3) is 0 Å². The zero-order valence-corrected chi connectivity index (χ0v) is 9.39. The quantitative estimate of drug-likeness (QED) is 0.799. The maximum atomic E-state index is 6.29. The van der Waals surface area contributed by atoms with Crippen molar-refractivity contribution in [2.75, 3.05) is 25.1 Å². The van der Waals surface area contributed by atoms with Crippen LogP contribution in [0, 0.1) is 5.92 Å². The van der Waals surface area contributed by atoms with E-state index in [9.17, 15) is 0 Å². The van der Waals surface area contributed by atoms with Crippen molar-refractivity contribution in [3.8, 4) is 5.88 Å². The molecule has 0 bridgehead atoms. The second-order valence-corrected chi connectivity index (χ2v) is 4.78. The van der Waals surface area contributed by atoms with Gasteiger partial charge in [-0.1, -0.05) is 0 Å². The van der Waals surface area contributed by atoms with E-state index in [4.69, 9.17) is 10.5 Å². The number of rotatable bonds is 3. The largest absolute Gasteiger partial charge is 0.481 e. The lowest BCUT2D eigenvalue weighted by Gasteiger charge is -2.48. The Balaban J connectivity index is 1.70. The molecule has 3 rings (SSSR count). The number of aromatic nitrogens is 2. The van der Waals surface area contributed by atoms with Gasteiger partial charge in [0.2, 0.25) is 5.88 Å². The third kappa shape index (κ3) is 1.51. The summed E-state index contributed by atoms with van der Waals surface area (Å²) in [5.74, 6) is 2.24. The third-order valence-corrected chi connectivity index (χ3v) is 3.52. The van der Waals surface area contributed by atoms with Crippen LogP contribution < -0.4 is 15.4 Å². The minimum absolute atomic E-state index is 0.0260. The Kier molecular flexibility index (Phi) is 2.04. The molecule has 2 aliphatic rings. The molecule has 0 radical (unpaired) electrons. The standard InChI is InChI=1S/C11H16N4O/c1-16-10-4-9(13-7-14-10)15-5-11(12,6-15)8-2-3-8/h4,7-8H,2-3,5-6,12H2,1H3. The summed E-state index contributed by atoms with van der Waals surface area (Å²) in [4.78, 5) is 10.4. The lowest BCUT2D eigenvalue weighted by Crippen LogP contribution is -2.69. The predicted octanol–water partition coefficient (Wildman–Crippen LogP) is 0.413. The SMILES string of the molecule is COc1cc(N2CC(N)(C3CC3)C2)ncn1. The topological polar surface area (TPSA) is 64.3 Å². The van der Waals surface area contributed by atoms with Crippen LogP contribution in [0.25, 0.3) is 0 Å². The van der Waals surface area contributed by atoms with Crippen LogP contribution in [0.2, 0.25) is 0 Å². The highest BCUT2D eigenvalue weighted by atomic mass is 16.5. The summed E-state index contributed by atoms with van der Waals surface area (Å²) in [6, 6.07) is 1.85.